The summed E-state index contributed by atoms with van der Waals surface area (Å²) in [6, 6.07) is 11.6. The van der Waals surface area contributed by atoms with Crippen LogP contribution in [0.4, 0.5) is 14.5 Å². The van der Waals surface area contributed by atoms with Crippen molar-refractivity contribution in [1.29, 1.82) is 0 Å². The van der Waals surface area contributed by atoms with Gasteiger partial charge in [-0.25, -0.2) is 8.78 Å². The normalized spacial score (nSPS) is 18.0. The SMILES string of the molecule is CC(NC(C)c1cc(F)ccc1N1CCN(C)CC1)c1ccc(F)cc1. The zero-order valence-corrected chi connectivity index (χ0v) is 15.7. The van der Waals surface area contributed by atoms with Gasteiger partial charge in [0.2, 0.25) is 0 Å². The van der Waals surface area contributed by atoms with Crippen LogP contribution in [0.2, 0.25) is 0 Å². The van der Waals surface area contributed by atoms with Gasteiger partial charge in [0.15, 0.2) is 0 Å². The Hall–Kier alpha value is -1.98. The fourth-order valence-electron chi connectivity index (χ4n) is 3.52. The average molecular weight is 359 g/mol. The van der Waals surface area contributed by atoms with E-state index in [-0.39, 0.29) is 23.7 Å². The van der Waals surface area contributed by atoms with Crippen LogP contribution in [-0.2, 0) is 0 Å². The van der Waals surface area contributed by atoms with Crippen LogP contribution in [0.3, 0.4) is 0 Å². The predicted molar refractivity (Wildman–Crippen MR) is 102 cm³/mol. The quantitative estimate of drug-likeness (QED) is 0.866. The highest BCUT2D eigenvalue weighted by Gasteiger charge is 2.21. The number of halogens is 2. The van der Waals surface area contributed by atoms with E-state index < -0.39 is 0 Å². The molecule has 3 nitrogen and oxygen atoms in total. The van der Waals surface area contributed by atoms with Gasteiger partial charge in [0.25, 0.3) is 0 Å². The Morgan fingerprint density at radius 2 is 1.46 bits per heavy atom. The molecule has 140 valence electrons. The summed E-state index contributed by atoms with van der Waals surface area (Å²) in [6.07, 6.45) is 0. The molecule has 0 aliphatic carbocycles. The standard InChI is InChI=1S/C21H27F2N3/c1-15(17-4-6-18(22)7-5-17)24-16(2)20-14-19(23)8-9-21(20)26-12-10-25(3)11-13-26/h4-9,14-16,24H,10-13H2,1-3H3. The lowest BCUT2D eigenvalue weighted by Gasteiger charge is -2.36. The first-order valence-corrected chi connectivity index (χ1v) is 9.18. The Balaban J connectivity index is 1.78. The Labute approximate surface area is 154 Å². The summed E-state index contributed by atoms with van der Waals surface area (Å²) in [5.74, 6) is -0.461. The minimum atomic E-state index is -0.239. The third-order valence-electron chi connectivity index (χ3n) is 5.17. The van der Waals surface area contributed by atoms with Crippen LogP contribution in [0.25, 0.3) is 0 Å². The second-order valence-electron chi connectivity index (χ2n) is 7.16. The Morgan fingerprint density at radius 1 is 0.846 bits per heavy atom. The maximum absolute atomic E-state index is 13.9. The summed E-state index contributed by atoms with van der Waals surface area (Å²) in [4.78, 5) is 4.63. The largest absolute Gasteiger partial charge is 0.369 e. The lowest BCUT2D eigenvalue weighted by atomic mass is 10.0. The lowest BCUT2D eigenvalue weighted by molar-refractivity contribution is 0.312. The van der Waals surface area contributed by atoms with Crippen LogP contribution in [-0.4, -0.2) is 38.1 Å². The first-order valence-electron chi connectivity index (χ1n) is 9.18. The molecule has 1 aliphatic heterocycles. The van der Waals surface area contributed by atoms with Crippen molar-refractivity contribution in [3.8, 4) is 0 Å². The van der Waals surface area contributed by atoms with Crippen molar-refractivity contribution in [1.82, 2.24) is 10.2 Å². The van der Waals surface area contributed by atoms with Gasteiger partial charge in [-0.1, -0.05) is 12.1 Å². The van der Waals surface area contributed by atoms with Gasteiger partial charge >= 0.3 is 0 Å². The summed E-state index contributed by atoms with van der Waals surface area (Å²) in [6.45, 7) is 7.98. The summed E-state index contributed by atoms with van der Waals surface area (Å²) < 4.78 is 27.1. The van der Waals surface area contributed by atoms with E-state index >= 15 is 0 Å². The average Bonchev–Trinajstić information content (AvgIpc) is 2.63. The van der Waals surface area contributed by atoms with Crippen molar-refractivity contribution in [2.45, 2.75) is 25.9 Å². The van der Waals surface area contributed by atoms with Crippen molar-refractivity contribution in [2.75, 3.05) is 38.1 Å². The van der Waals surface area contributed by atoms with E-state index in [9.17, 15) is 8.78 Å². The van der Waals surface area contributed by atoms with E-state index in [0.29, 0.717) is 0 Å². The number of hydrogen-bond donors (Lipinski definition) is 1. The number of nitrogens with zero attached hydrogens (tertiary/aromatic N) is 2. The molecule has 2 atom stereocenters. The van der Waals surface area contributed by atoms with E-state index in [0.717, 1.165) is 43.0 Å². The molecule has 0 radical (unpaired) electrons. The lowest BCUT2D eigenvalue weighted by Crippen LogP contribution is -2.45. The zero-order valence-electron chi connectivity index (χ0n) is 15.7. The molecule has 2 aromatic rings. The number of nitrogens with one attached hydrogen (secondary N) is 1. The third-order valence-corrected chi connectivity index (χ3v) is 5.17. The molecule has 0 spiro atoms. The molecule has 2 aromatic carbocycles. The Bertz CT molecular complexity index is 725. The van der Waals surface area contributed by atoms with Crippen molar-refractivity contribution < 1.29 is 8.78 Å². The summed E-state index contributed by atoms with van der Waals surface area (Å²) in [5.41, 5.74) is 3.06. The van der Waals surface area contributed by atoms with Gasteiger partial charge in [0.1, 0.15) is 11.6 Å². The molecule has 0 saturated carbocycles. The Kier molecular flexibility index (Phi) is 5.89. The molecule has 0 amide bonds. The van der Waals surface area contributed by atoms with Crippen LogP contribution in [0.1, 0.15) is 37.1 Å². The molecular weight excluding hydrogens is 332 g/mol. The number of likely N-dealkylation sites (N-methyl/N-ethyl adjacent to an activating group) is 1. The van der Waals surface area contributed by atoms with Crippen molar-refractivity contribution >= 4 is 5.69 Å². The molecule has 1 aliphatic rings. The molecule has 2 unspecified atom stereocenters. The first-order chi connectivity index (χ1) is 12.4. The number of piperazine rings is 1. The van der Waals surface area contributed by atoms with Crippen molar-refractivity contribution in [3.63, 3.8) is 0 Å². The molecule has 0 bridgehead atoms. The van der Waals surface area contributed by atoms with Crippen LogP contribution in [0, 0.1) is 11.6 Å². The van der Waals surface area contributed by atoms with Gasteiger partial charge in [0.05, 0.1) is 0 Å². The molecule has 0 aromatic heterocycles. The molecular formula is C21H27F2N3. The second-order valence-corrected chi connectivity index (χ2v) is 7.16. The van der Waals surface area contributed by atoms with Gasteiger partial charge in [-0.2, -0.15) is 0 Å². The van der Waals surface area contributed by atoms with Crippen molar-refractivity contribution in [2.24, 2.45) is 0 Å². The monoisotopic (exact) mass is 359 g/mol. The van der Waals surface area contributed by atoms with Crippen LogP contribution in [0.5, 0.6) is 0 Å². The van der Waals surface area contributed by atoms with Crippen LogP contribution >= 0.6 is 0 Å². The number of benzene rings is 2. The van der Waals surface area contributed by atoms with Gasteiger partial charge in [0, 0.05) is 44.0 Å². The second kappa shape index (κ2) is 8.14. The fraction of sp³-hybridized carbons (Fsp3) is 0.429. The van der Waals surface area contributed by atoms with E-state index in [1.165, 1.54) is 18.2 Å². The number of rotatable bonds is 5. The molecule has 1 N–H and O–H groups in total. The first kappa shape index (κ1) is 18.8. The molecule has 5 heteroatoms. The minimum Gasteiger partial charge on any atom is -0.369 e. The van der Waals surface area contributed by atoms with E-state index in [1.807, 2.05) is 19.9 Å². The van der Waals surface area contributed by atoms with Gasteiger partial charge in [-0.15, -0.1) is 0 Å². The maximum atomic E-state index is 13.9. The molecule has 1 fully saturated rings. The van der Waals surface area contributed by atoms with E-state index in [1.54, 1.807) is 18.2 Å². The highest BCUT2D eigenvalue weighted by atomic mass is 19.1. The number of anilines is 1. The van der Waals surface area contributed by atoms with Gasteiger partial charge < -0.3 is 15.1 Å². The summed E-state index contributed by atoms with van der Waals surface area (Å²) in [7, 11) is 2.12. The fourth-order valence-corrected chi connectivity index (χ4v) is 3.52. The highest BCUT2D eigenvalue weighted by Crippen LogP contribution is 2.30. The topological polar surface area (TPSA) is 18.5 Å². The highest BCUT2D eigenvalue weighted by molar-refractivity contribution is 5.55. The molecule has 1 saturated heterocycles. The van der Waals surface area contributed by atoms with Crippen LogP contribution < -0.4 is 10.2 Å². The Morgan fingerprint density at radius 3 is 2.12 bits per heavy atom. The van der Waals surface area contributed by atoms with E-state index in [2.05, 4.69) is 22.2 Å². The third kappa shape index (κ3) is 4.40. The molecule has 3 rings (SSSR count). The molecule has 1 heterocycles. The van der Waals surface area contributed by atoms with Crippen LogP contribution in [0.15, 0.2) is 42.5 Å². The van der Waals surface area contributed by atoms with E-state index in [4.69, 9.17) is 0 Å². The zero-order chi connectivity index (χ0) is 18.7. The predicted octanol–water partition coefficient (Wildman–Crippen LogP) is 4.13. The molecule has 26 heavy (non-hydrogen) atoms. The smallest absolute Gasteiger partial charge is 0.123 e. The van der Waals surface area contributed by atoms with Gasteiger partial charge in [-0.3, -0.25) is 0 Å². The maximum Gasteiger partial charge on any atom is 0.123 e. The number of hydrogen-bond acceptors (Lipinski definition) is 3. The summed E-state index contributed by atoms with van der Waals surface area (Å²) >= 11 is 0. The van der Waals surface area contributed by atoms with Gasteiger partial charge in [-0.05, 0) is 62.4 Å². The minimum absolute atomic E-state index is 0.0274. The van der Waals surface area contributed by atoms with Crippen molar-refractivity contribution in [3.05, 3.63) is 65.2 Å². The summed E-state index contributed by atoms with van der Waals surface area (Å²) in [5, 5.41) is 3.52.